The van der Waals surface area contributed by atoms with Gasteiger partial charge in [0.1, 0.15) is 0 Å². The zero-order chi connectivity index (χ0) is 15.2. The van der Waals surface area contributed by atoms with Crippen molar-refractivity contribution in [2.24, 2.45) is 5.73 Å². The molecule has 0 atom stereocenters. The predicted molar refractivity (Wildman–Crippen MR) is 93.8 cm³/mol. The van der Waals surface area contributed by atoms with Crippen LogP contribution in [0.25, 0.3) is 0 Å². The second kappa shape index (κ2) is 8.87. The fourth-order valence-corrected chi connectivity index (χ4v) is 3.99. The largest absolute Gasteiger partial charge is 0.324 e. The van der Waals surface area contributed by atoms with Gasteiger partial charge in [0.15, 0.2) is 0 Å². The fourth-order valence-electron chi connectivity index (χ4n) is 2.83. The fraction of sp³-hybridized carbons (Fsp3) is 0.625. The lowest BCUT2D eigenvalue weighted by molar-refractivity contribution is 0.369. The molecule has 1 aliphatic rings. The number of aryl methyl sites for hydroxylation is 1. The molecule has 6 heteroatoms. The van der Waals surface area contributed by atoms with E-state index in [0.29, 0.717) is 13.0 Å². The van der Waals surface area contributed by atoms with E-state index in [4.69, 9.17) is 5.73 Å². The van der Waals surface area contributed by atoms with Gasteiger partial charge in [-0.3, -0.25) is 0 Å². The summed E-state index contributed by atoms with van der Waals surface area (Å²) in [5, 5.41) is 0. The van der Waals surface area contributed by atoms with Crippen molar-refractivity contribution in [1.29, 1.82) is 0 Å². The third-order valence-electron chi connectivity index (χ3n) is 4.25. The zero-order valence-electron chi connectivity index (χ0n) is 13.0. The van der Waals surface area contributed by atoms with Crippen molar-refractivity contribution >= 4 is 22.4 Å². The molecule has 0 amide bonds. The van der Waals surface area contributed by atoms with Gasteiger partial charge in [0.05, 0.1) is 5.75 Å². The van der Waals surface area contributed by atoms with Crippen molar-refractivity contribution in [3.63, 3.8) is 0 Å². The maximum atomic E-state index is 12.1. The lowest BCUT2D eigenvalue weighted by Crippen LogP contribution is -2.50. The molecule has 0 spiro atoms. The van der Waals surface area contributed by atoms with Crippen molar-refractivity contribution in [3.8, 4) is 0 Å². The summed E-state index contributed by atoms with van der Waals surface area (Å²) in [4.78, 5) is 0. The molecule has 126 valence electrons. The molecule has 3 N–H and O–H groups in total. The monoisotopic (exact) mass is 346 g/mol. The van der Waals surface area contributed by atoms with Gasteiger partial charge in [-0.2, -0.15) is 0 Å². The van der Waals surface area contributed by atoms with E-state index in [0.717, 1.165) is 31.2 Å². The van der Waals surface area contributed by atoms with Gasteiger partial charge in [0.2, 0.25) is 10.0 Å². The third-order valence-corrected chi connectivity index (χ3v) is 5.57. The van der Waals surface area contributed by atoms with Crippen molar-refractivity contribution in [2.45, 2.75) is 50.5 Å². The summed E-state index contributed by atoms with van der Waals surface area (Å²) in [6.45, 7) is 0.365. The molecular weight excluding hydrogens is 320 g/mol. The smallest absolute Gasteiger partial charge is 0.211 e. The first-order chi connectivity index (χ1) is 9.99. The first-order valence-corrected chi connectivity index (χ1v) is 9.45. The van der Waals surface area contributed by atoms with Gasteiger partial charge in [-0.05, 0) is 24.8 Å². The number of hydrogen-bond acceptors (Lipinski definition) is 3. The van der Waals surface area contributed by atoms with Crippen molar-refractivity contribution in [1.82, 2.24) is 4.72 Å². The van der Waals surface area contributed by atoms with Crippen LogP contribution < -0.4 is 10.5 Å². The van der Waals surface area contributed by atoms with Gasteiger partial charge < -0.3 is 5.73 Å². The number of rotatable bonds is 6. The summed E-state index contributed by atoms with van der Waals surface area (Å²) in [5.74, 6) is 0.118. The van der Waals surface area contributed by atoms with E-state index in [9.17, 15) is 8.42 Å². The van der Waals surface area contributed by atoms with E-state index in [1.807, 2.05) is 30.3 Å². The normalized spacial score (nSPS) is 18.2. The summed E-state index contributed by atoms with van der Waals surface area (Å²) < 4.78 is 26.9. The Kier molecular flexibility index (Phi) is 7.83. The predicted octanol–water partition coefficient (Wildman–Crippen LogP) is 2.62. The molecule has 1 fully saturated rings. The SMILES string of the molecule is Cl.NC1(CNS(=O)(=O)CCc2ccccc2)CCCCCC1. The number of nitrogens with two attached hydrogens (primary N) is 1. The molecule has 0 unspecified atom stereocenters. The molecule has 0 radical (unpaired) electrons. The Labute approximate surface area is 140 Å². The summed E-state index contributed by atoms with van der Waals surface area (Å²) >= 11 is 0. The number of halogens is 1. The zero-order valence-corrected chi connectivity index (χ0v) is 14.6. The van der Waals surface area contributed by atoms with E-state index in [2.05, 4.69) is 4.72 Å². The Balaban J connectivity index is 0.00000242. The minimum Gasteiger partial charge on any atom is -0.324 e. The lowest BCUT2D eigenvalue weighted by Gasteiger charge is -2.28. The quantitative estimate of drug-likeness (QED) is 0.778. The minimum atomic E-state index is -3.26. The maximum absolute atomic E-state index is 12.1. The standard InChI is InChI=1S/C16H26N2O2S.ClH/c17-16(11-6-1-2-7-12-16)14-18-21(19,20)13-10-15-8-4-3-5-9-15;/h3-5,8-9,18H,1-2,6-7,10-14,17H2;1H. The molecule has 0 saturated heterocycles. The number of nitrogens with one attached hydrogen (secondary N) is 1. The van der Waals surface area contributed by atoms with Crippen LogP contribution >= 0.6 is 12.4 Å². The van der Waals surface area contributed by atoms with Crippen LogP contribution in [-0.2, 0) is 16.4 Å². The van der Waals surface area contributed by atoms with Gasteiger partial charge in [0.25, 0.3) is 0 Å². The van der Waals surface area contributed by atoms with Crippen molar-refractivity contribution in [2.75, 3.05) is 12.3 Å². The molecule has 1 aromatic carbocycles. The first-order valence-electron chi connectivity index (χ1n) is 7.79. The van der Waals surface area contributed by atoms with Gasteiger partial charge >= 0.3 is 0 Å². The van der Waals surface area contributed by atoms with Crippen molar-refractivity contribution in [3.05, 3.63) is 35.9 Å². The molecule has 0 aliphatic heterocycles. The van der Waals surface area contributed by atoms with Gasteiger partial charge in [-0.1, -0.05) is 56.0 Å². The van der Waals surface area contributed by atoms with E-state index >= 15 is 0 Å². The van der Waals surface area contributed by atoms with E-state index in [-0.39, 0.29) is 23.7 Å². The molecule has 2 rings (SSSR count). The molecule has 1 aliphatic carbocycles. The number of sulfonamides is 1. The molecule has 0 bridgehead atoms. The Morgan fingerprint density at radius 1 is 1.05 bits per heavy atom. The number of benzene rings is 1. The second-order valence-electron chi connectivity index (χ2n) is 6.15. The van der Waals surface area contributed by atoms with Crippen LogP contribution in [0.15, 0.2) is 30.3 Å². The average molecular weight is 347 g/mol. The minimum absolute atomic E-state index is 0. The van der Waals surface area contributed by atoms with Crippen LogP contribution in [0.4, 0.5) is 0 Å². The molecule has 1 saturated carbocycles. The Morgan fingerprint density at radius 2 is 1.64 bits per heavy atom. The highest BCUT2D eigenvalue weighted by atomic mass is 35.5. The Hall–Kier alpha value is -0.620. The van der Waals surface area contributed by atoms with Gasteiger partial charge in [-0.15, -0.1) is 12.4 Å². The Morgan fingerprint density at radius 3 is 2.23 bits per heavy atom. The summed E-state index contributed by atoms with van der Waals surface area (Å²) in [6, 6.07) is 9.68. The van der Waals surface area contributed by atoms with Crippen LogP contribution in [-0.4, -0.2) is 26.3 Å². The topological polar surface area (TPSA) is 72.2 Å². The van der Waals surface area contributed by atoms with Gasteiger partial charge in [0, 0.05) is 12.1 Å². The maximum Gasteiger partial charge on any atom is 0.211 e. The average Bonchev–Trinajstić information content (AvgIpc) is 2.70. The molecule has 4 nitrogen and oxygen atoms in total. The van der Waals surface area contributed by atoms with E-state index in [1.54, 1.807) is 0 Å². The second-order valence-corrected chi connectivity index (χ2v) is 8.08. The van der Waals surface area contributed by atoms with E-state index < -0.39 is 10.0 Å². The van der Waals surface area contributed by atoms with Crippen LogP contribution in [0.2, 0.25) is 0 Å². The molecule has 22 heavy (non-hydrogen) atoms. The third kappa shape index (κ3) is 6.65. The van der Waals surface area contributed by atoms with Gasteiger partial charge in [-0.25, -0.2) is 13.1 Å². The van der Waals surface area contributed by atoms with Crippen molar-refractivity contribution < 1.29 is 8.42 Å². The molecule has 0 heterocycles. The van der Waals surface area contributed by atoms with Crippen LogP contribution in [0.5, 0.6) is 0 Å². The summed E-state index contributed by atoms with van der Waals surface area (Å²) in [5.41, 5.74) is 7.02. The highest BCUT2D eigenvalue weighted by Crippen LogP contribution is 2.24. The first kappa shape index (κ1) is 19.4. The van der Waals surface area contributed by atoms with Crippen LogP contribution in [0.3, 0.4) is 0 Å². The van der Waals surface area contributed by atoms with Crippen LogP contribution in [0.1, 0.15) is 44.1 Å². The summed E-state index contributed by atoms with van der Waals surface area (Å²) in [6.07, 6.45) is 6.97. The molecular formula is C16H27ClN2O2S. The molecule has 0 aromatic heterocycles. The Bertz CT molecular complexity index is 526. The molecule has 1 aromatic rings. The van der Waals surface area contributed by atoms with E-state index in [1.165, 1.54) is 12.8 Å². The summed E-state index contributed by atoms with van der Waals surface area (Å²) in [7, 11) is -3.26. The van der Waals surface area contributed by atoms with Crippen LogP contribution in [0, 0.1) is 0 Å². The highest BCUT2D eigenvalue weighted by molar-refractivity contribution is 7.89. The highest BCUT2D eigenvalue weighted by Gasteiger charge is 2.27. The number of hydrogen-bond donors (Lipinski definition) is 2. The lowest BCUT2D eigenvalue weighted by atomic mass is 9.92.